The van der Waals surface area contributed by atoms with Gasteiger partial charge in [0.2, 0.25) is 10.0 Å². The van der Waals surface area contributed by atoms with Crippen molar-refractivity contribution in [2.45, 2.75) is 13.0 Å². The van der Waals surface area contributed by atoms with Crippen LogP contribution in [0.4, 0.5) is 0 Å². The van der Waals surface area contributed by atoms with Gasteiger partial charge in [0.15, 0.2) is 5.69 Å². The fourth-order valence-corrected chi connectivity index (χ4v) is 2.78. The highest BCUT2D eigenvalue weighted by Gasteiger charge is 2.30. The average molecular weight is 259 g/mol. The Morgan fingerprint density at radius 1 is 1.47 bits per heavy atom. The first-order valence-electron chi connectivity index (χ1n) is 5.04. The van der Waals surface area contributed by atoms with Crippen molar-refractivity contribution in [3.63, 3.8) is 0 Å². The van der Waals surface area contributed by atoms with Crippen LogP contribution in [-0.4, -0.2) is 46.4 Å². The molecule has 1 N–H and O–H groups in total. The number of nitrogens with zero attached hydrogens (tertiary/aromatic N) is 3. The van der Waals surface area contributed by atoms with E-state index in [1.165, 1.54) is 8.99 Å². The molecule has 0 amide bonds. The largest absolute Gasteiger partial charge is 0.476 e. The second-order valence-corrected chi connectivity index (χ2v) is 6.03. The number of hydrogen-bond acceptors (Lipinski definition) is 4. The van der Waals surface area contributed by atoms with Crippen LogP contribution in [-0.2, 0) is 30.0 Å². The maximum atomic E-state index is 11.4. The van der Waals surface area contributed by atoms with E-state index >= 15 is 0 Å². The van der Waals surface area contributed by atoms with Crippen molar-refractivity contribution in [3.05, 3.63) is 17.0 Å². The van der Waals surface area contributed by atoms with Crippen molar-refractivity contribution < 1.29 is 18.3 Å². The Hall–Kier alpha value is -1.41. The van der Waals surface area contributed by atoms with Gasteiger partial charge in [0, 0.05) is 19.2 Å². The molecule has 2 heterocycles. The SMILES string of the molecule is Cn1nc(C(=O)O)c2c1CN(S(C)(=O)=O)CC2. The summed E-state index contributed by atoms with van der Waals surface area (Å²) in [6.07, 6.45) is 1.53. The maximum Gasteiger partial charge on any atom is 0.356 e. The van der Waals surface area contributed by atoms with Gasteiger partial charge in [-0.3, -0.25) is 4.68 Å². The van der Waals surface area contributed by atoms with Crippen molar-refractivity contribution in [3.8, 4) is 0 Å². The van der Waals surface area contributed by atoms with E-state index < -0.39 is 16.0 Å². The van der Waals surface area contributed by atoms with Gasteiger partial charge in [-0.2, -0.15) is 9.40 Å². The highest BCUT2D eigenvalue weighted by atomic mass is 32.2. The highest BCUT2D eigenvalue weighted by molar-refractivity contribution is 7.88. The first-order valence-corrected chi connectivity index (χ1v) is 6.88. The van der Waals surface area contributed by atoms with E-state index in [-0.39, 0.29) is 12.2 Å². The topological polar surface area (TPSA) is 92.5 Å². The Morgan fingerprint density at radius 2 is 2.12 bits per heavy atom. The summed E-state index contributed by atoms with van der Waals surface area (Å²) >= 11 is 0. The van der Waals surface area contributed by atoms with Crippen molar-refractivity contribution in [1.82, 2.24) is 14.1 Å². The quantitative estimate of drug-likeness (QED) is 0.768. The summed E-state index contributed by atoms with van der Waals surface area (Å²) in [7, 11) is -1.63. The van der Waals surface area contributed by atoms with Gasteiger partial charge < -0.3 is 5.11 Å². The van der Waals surface area contributed by atoms with Crippen molar-refractivity contribution in [1.29, 1.82) is 0 Å². The highest BCUT2D eigenvalue weighted by Crippen LogP contribution is 2.23. The third-order valence-electron chi connectivity index (χ3n) is 2.88. The maximum absolute atomic E-state index is 11.4. The molecule has 0 unspecified atom stereocenters. The van der Waals surface area contributed by atoms with Gasteiger partial charge in [-0.15, -0.1) is 0 Å². The summed E-state index contributed by atoms with van der Waals surface area (Å²) in [5.74, 6) is -1.07. The molecular formula is C9H13N3O4S. The minimum atomic E-state index is -3.25. The summed E-state index contributed by atoms with van der Waals surface area (Å²) in [6, 6.07) is 0. The van der Waals surface area contributed by atoms with Gasteiger partial charge in [-0.25, -0.2) is 13.2 Å². The molecule has 1 aliphatic rings. The zero-order chi connectivity index (χ0) is 12.8. The fraction of sp³-hybridized carbons (Fsp3) is 0.556. The second-order valence-electron chi connectivity index (χ2n) is 4.05. The van der Waals surface area contributed by atoms with E-state index in [0.29, 0.717) is 24.2 Å². The van der Waals surface area contributed by atoms with Crippen molar-refractivity contribution >= 4 is 16.0 Å². The summed E-state index contributed by atoms with van der Waals surface area (Å²) < 4.78 is 25.6. The first-order chi connectivity index (χ1) is 7.80. The second kappa shape index (κ2) is 3.81. The molecule has 1 aromatic rings. The molecule has 0 saturated heterocycles. The van der Waals surface area contributed by atoms with Crippen LogP contribution in [0.25, 0.3) is 0 Å². The van der Waals surface area contributed by atoms with Crippen LogP contribution in [0.15, 0.2) is 0 Å². The Kier molecular flexibility index (Phi) is 2.70. The predicted molar refractivity (Wildman–Crippen MR) is 59.1 cm³/mol. The van der Waals surface area contributed by atoms with E-state index in [0.717, 1.165) is 6.26 Å². The van der Waals surface area contributed by atoms with E-state index in [1.807, 2.05) is 0 Å². The third-order valence-corrected chi connectivity index (χ3v) is 4.13. The molecule has 94 valence electrons. The molecule has 2 rings (SSSR count). The average Bonchev–Trinajstić information content (AvgIpc) is 2.55. The number of aryl methyl sites for hydroxylation is 1. The number of hydrogen-bond donors (Lipinski definition) is 1. The van der Waals surface area contributed by atoms with Gasteiger partial charge in [-0.1, -0.05) is 0 Å². The van der Waals surface area contributed by atoms with Crippen LogP contribution in [0.2, 0.25) is 0 Å². The van der Waals surface area contributed by atoms with E-state index in [2.05, 4.69) is 5.10 Å². The molecule has 0 bridgehead atoms. The van der Waals surface area contributed by atoms with Crippen LogP contribution in [0.3, 0.4) is 0 Å². The van der Waals surface area contributed by atoms with E-state index in [1.54, 1.807) is 7.05 Å². The predicted octanol–water partition coefficient (Wildman–Crippen LogP) is -0.564. The molecule has 0 aromatic carbocycles. The summed E-state index contributed by atoms with van der Waals surface area (Å²) in [5.41, 5.74) is 1.31. The zero-order valence-corrected chi connectivity index (χ0v) is 10.4. The third kappa shape index (κ3) is 2.05. The molecule has 7 nitrogen and oxygen atoms in total. The number of carbonyl (C=O) groups is 1. The number of fused-ring (bicyclic) bond motifs is 1. The molecule has 1 aliphatic heterocycles. The molecular weight excluding hydrogens is 246 g/mol. The molecule has 0 aliphatic carbocycles. The van der Waals surface area contributed by atoms with Crippen LogP contribution in [0, 0.1) is 0 Å². The number of carboxylic acid groups (broad SMARTS) is 1. The number of rotatable bonds is 2. The van der Waals surface area contributed by atoms with E-state index in [9.17, 15) is 13.2 Å². The van der Waals surface area contributed by atoms with Crippen molar-refractivity contribution in [2.24, 2.45) is 7.05 Å². The Labute approximate surface area is 98.7 Å². The molecule has 1 aromatic heterocycles. The Balaban J connectivity index is 2.43. The monoisotopic (exact) mass is 259 g/mol. The Bertz CT molecular complexity index is 575. The van der Waals surface area contributed by atoms with Crippen molar-refractivity contribution in [2.75, 3.05) is 12.8 Å². The van der Waals surface area contributed by atoms with Gasteiger partial charge in [0.1, 0.15) is 0 Å². The normalized spacial score (nSPS) is 16.8. The molecule has 0 radical (unpaired) electrons. The Morgan fingerprint density at radius 3 is 2.65 bits per heavy atom. The van der Waals surface area contributed by atoms with Gasteiger partial charge >= 0.3 is 5.97 Å². The van der Waals surface area contributed by atoms with Crippen LogP contribution < -0.4 is 0 Å². The number of aromatic nitrogens is 2. The van der Waals surface area contributed by atoms with Gasteiger partial charge in [-0.05, 0) is 6.42 Å². The smallest absolute Gasteiger partial charge is 0.356 e. The standard InChI is InChI=1S/C9H13N3O4S/c1-11-7-5-12(17(2,15)16)4-3-6(7)8(10-11)9(13)14/h3-5H2,1-2H3,(H,13,14). The van der Waals surface area contributed by atoms with Gasteiger partial charge in [0.05, 0.1) is 18.5 Å². The molecule has 17 heavy (non-hydrogen) atoms. The minimum Gasteiger partial charge on any atom is -0.476 e. The lowest BCUT2D eigenvalue weighted by Gasteiger charge is -2.24. The van der Waals surface area contributed by atoms with E-state index in [4.69, 9.17) is 5.11 Å². The summed E-state index contributed by atoms with van der Waals surface area (Å²) in [6.45, 7) is 0.489. The van der Waals surface area contributed by atoms with Gasteiger partial charge in [0.25, 0.3) is 0 Å². The number of sulfonamides is 1. The summed E-state index contributed by atoms with van der Waals surface area (Å²) in [5, 5.41) is 12.9. The van der Waals surface area contributed by atoms with Crippen LogP contribution in [0.1, 0.15) is 21.7 Å². The van der Waals surface area contributed by atoms with Crippen LogP contribution >= 0.6 is 0 Å². The minimum absolute atomic E-state index is 0.0238. The zero-order valence-electron chi connectivity index (χ0n) is 9.54. The number of carboxylic acids is 1. The summed E-state index contributed by atoms with van der Waals surface area (Å²) in [4.78, 5) is 11.0. The molecule has 0 atom stereocenters. The fourth-order valence-electron chi connectivity index (χ4n) is 2.00. The molecule has 0 fully saturated rings. The number of aromatic carboxylic acids is 1. The van der Waals surface area contributed by atoms with Crippen LogP contribution in [0.5, 0.6) is 0 Å². The molecule has 8 heteroatoms. The first kappa shape index (κ1) is 12.1. The molecule has 0 spiro atoms. The molecule has 0 saturated carbocycles. The lowest BCUT2D eigenvalue weighted by atomic mass is 10.1. The lowest BCUT2D eigenvalue weighted by Crippen LogP contribution is -2.36. The lowest BCUT2D eigenvalue weighted by molar-refractivity contribution is 0.0688.